The summed E-state index contributed by atoms with van der Waals surface area (Å²) >= 11 is 5.90. The van der Waals surface area contributed by atoms with Gasteiger partial charge in [0.25, 0.3) is 0 Å². The molecule has 1 saturated carbocycles. The van der Waals surface area contributed by atoms with E-state index in [0.29, 0.717) is 28.5 Å². The Morgan fingerprint density at radius 1 is 1.39 bits per heavy atom. The van der Waals surface area contributed by atoms with Gasteiger partial charge in [-0.1, -0.05) is 25.4 Å². The van der Waals surface area contributed by atoms with E-state index in [-0.39, 0.29) is 0 Å². The SMILES string of the molecule is CC1CCC(Nc2cc(C#N)cc(Cl)n2)C(C)C1. The van der Waals surface area contributed by atoms with Crippen molar-refractivity contribution in [3.63, 3.8) is 0 Å². The second kappa shape index (κ2) is 5.58. The van der Waals surface area contributed by atoms with Gasteiger partial charge in [-0.2, -0.15) is 5.26 Å². The lowest BCUT2D eigenvalue weighted by Gasteiger charge is -2.33. The molecule has 1 N–H and O–H groups in total. The van der Waals surface area contributed by atoms with Crippen LogP contribution in [-0.2, 0) is 0 Å². The average Bonchev–Trinajstić information content (AvgIpc) is 2.32. The third kappa shape index (κ3) is 3.14. The summed E-state index contributed by atoms with van der Waals surface area (Å²) in [5.74, 6) is 2.14. The first kappa shape index (κ1) is 13.2. The molecule has 0 saturated heterocycles. The first-order valence-corrected chi connectivity index (χ1v) is 6.80. The Bertz CT molecular complexity index is 467. The smallest absolute Gasteiger partial charge is 0.132 e. The summed E-state index contributed by atoms with van der Waals surface area (Å²) in [6.07, 6.45) is 3.63. The van der Waals surface area contributed by atoms with Gasteiger partial charge >= 0.3 is 0 Å². The molecule has 18 heavy (non-hydrogen) atoms. The standard InChI is InChI=1S/C14H18ClN3/c1-9-3-4-12(10(2)5-9)17-14-7-11(8-16)6-13(15)18-14/h6-7,9-10,12H,3-5H2,1-2H3,(H,17,18). The van der Waals surface area contributed by atoms with Crippen LogP contribution in [-0.4, -0.2) is 11.0 Å². The summed E-state index contributed by atoms with van der Waals surface area (Å²) in [4.78, 5) is 4.23. The van der Waals surface area contributed by atoms with E-state index in [1.54, 1.807) is 12.1 Å². The molecule has 96 valence electrons. The number of aromatic nitrogens is 1. The number of hydrogen-bond acceptors (Lipinski definition) is 3. The van der Waals surface area contributed by atoms with Crippen molar-refractivity contribution in [3.05, 3.63) is 22.8 Å². The average molecular weight is 264 g/mol. The summed E-state index contributed by atoms with van der Waals surface area (Å²) < 4.78 is 0. The maximum Gasteiger partial charge on any atom is 0.132 e. The van der Waals surface area contributed by atoms with Crippen molar-refractivity contribution in [1.82, 2.24) is 4.98 Å². The third-order valence-corrected chi connectivity index (χ3v) is 3.88. The normalized spacial score (nSPS) is 27.6. The van der Waals surface area contributed by atoms with Crippen LogP contribution in [0.5, 0.6) is 0 Å². The Kier molecular flexibility index (Phi) is 4.08. The van der Waals surface area contributed by atoms with E-state index in [2.05, 4.69) is 30.2 Å². The maximum absolute atomic E-state index is 8.91. The summed E-state index contributed by atoms with van der Waals surface area (Å²) in [6, 6.07) is 5.87. The van der Waals surface area contributed by atoms with Gasteiger partial charge in [-0.25, -0.2) is 4.98 Å². The van der Waals surface area contributed by atoms with Crippen LogP contribution < -0.4 is 5.32 Å². The molecule has 0 radical (unpaired) electrons. The molecule has 1 aromatic heterocycles. The fourth-order valence-electron chi connectivity index (χ4n) is 2.71. The highest BCUT2D eigenvalue weighted by Crippen LogP contribution is 2.30. The van der Waals surface area contributed by atoms with E-state index in [9.17, 15) is 0 Å². The lowest BCUT2D eigenvalue weighted by atomic mass is 9.80. The van der Waals surface area contributed by atoms with Crippen LogP contribution in [0.4, 0.5) is 5.82 Å². The Labute approximate surface area is 113 Å². The first-order valence-electron chi connectivity index (χ1n) is 6.42. The molecule has 0 bridgehead atoms. The zero-order valence-electron chi connectivity index (χ0n) is 10.8. The summed E-state index contributed by atoms with van der Waals surface area (Å²) in [5, 5.41) is 12.7. The largest absolute Gasteiger partial charge is 0.367 e. The van der Waals surface area contributed by atoms with Gasteiger partial charge in [0.2, 0.25) is 0 Å². The topological polar surface area (TPSA) is 48.7 Å². The molecule has 3 unspecified atom stereocenters. The number of hydrogen-bond donors (Lipinski definition) is 1. The Morgan fingerprint density at radius 3 is 2.83 bits per heavy atom. The molecule has 1 aliphatic rings. The quantitative estimate of drug-likeness (QED) is 0.825. The monoisotopic (exact) mass is 263 g/mol. The van der Waals surface area contributed by atoms with Crippen LogP contribution in [0, 0.1) is 23.2 Å². The first-order chi connectivity index (χ1) is 8.58. The van der Waals surface area contributed by atoms with Crippen molar-refractivity contribution in [1.29, 1.82) is 5.26 Å². The van der Waals surface area contributed by atoms with Gasteiger partial charge in [-0.15, -0.1) is 0 Å². The van der Waals surface area contributed by atoms with E-state index in [0.717, 1.165) is 12.3 Å². The van der Waals surface area contributed by atoms with Crippen molar-refractivity contribution in [2.24, 2.45) is 11.8 Å². The molecule has 1 fully saturated rings. The highest BCUT2D eigenvalue weighted by molar-refractivity contribution is 6.29. The van der Waals surface area contributed by atoms with Crippen LogP contribution >= 0.6 is 11.6 Å². The van der Waals surface area contributed by atoms with E-state index >= 15 is 0 Å². The Balaban J connectivity index is 2.10. The summed E-state index contributed by atoms with van der Waals surface area (Å²) in [7, 11) is 0. The van der Waals surface area contributed by atoms with E-state index < -0.39 is 0 Å². The fourth-order valence-corrected chi connectivity index (χ4v) is 2.91. The molecule has 1 aromatic rings. The Hall–Kier alpha value is -1.27. The third-order valence-electron chi connectivity index (χ3n) is 3.69. The van der Waals surface area contributed by atoms with Gasteiger partial charge in [0.05, 0.1) is 11.6 Å². The van der Waals surface area contributed by atoms with Crippen LogP contribution in [0.25, 0.3) is 0 Å². The van der Waals surface area contributed by atoms with Crippen molar-refractivity contribution < 1.29 is 0 Å². The molecule has 0 spiro atoms. The minimum Gasteiger partial charge on any atom is -0.367 e. The molecular weight excluding hydrogens is 246 g/mol. The van der Waals surface area contributed by atoms with Gasteiger partial charge in [0.15, 0.2) is 0 Å². The number of nitrogens with one attached hydrogen (secondary N) is 1. The van der Waals surface area contributed by atoms with Gasteiger partial charge in [0, 0.05) is 6.04 Å². The number of pyridine rings is 1. The molecule has 1 heterocycles. The Morgan fingerprint density at radius 2 is 2.17 bits per heavy atom. The minimum atomic E-state index is 0.369. The molecule has 0 aliphatic heterocycles. The second-order valence-electron chi connectivity index (χ2n) is 5.32. The van der Waals surface area contributed by atoms with Gasteiger partial charge in [0.1, 0.15) is 11.0 Å². The number of nitrogens with zero attached hydrogens (tertiary/aromatic N) is 2. The van der Waals surface area contributed by atoms with Gasteiger partial charge in [-0.3, -0.25) is 0 Å². The predicted octanol–water partition coefficient (Wildman–Crippen LogP) is 3.84. The molecule has 0 aromatic carbocycles. The lowest BCUT2D eigenvalue weighted by molar-refractivity contribution is 0.276. The minimum absolute atomic E-state index is 0.369. The molecule has 3 nitrogen and oxygen atoms in total. The van der Waals surface area contributed by atoms with Crippen LogP contribution in [0.3, 0.4) is 0 Å². The molecule has 2 rings (SSSR count). The number of nitriles is 1. The lowest BCUT2D eigenvalue weighted by Crippen LogP contribution is -2.33. The van der Waals surface area contributed by atoms with Gasteiger partial charge < -0.3 is 5.32 Å². The highest BCUT2D eigenvalue weighted by atomic mass is 35.5. The highest BCUT2D eigenvalue weighted by Gasteiger charge is 2.25. The number of halogens is 1. The van der Waals surface area contributed by atoms with Crippen molar-refractivity contribution in [3.8, 4) is 6.07 Å². The predicted molar refractivity (Wildman–Crippen MR) is 73.6 cm³/mol. The summed E-state index contributed by atoms with van der Waals surface area (Å²) in [6.45, 7) is 4.57. The van der Waals surface area contributed by atoms with Crippen molar-refractivity contribution in [2.45, 2.75) is 39.2 Å². The zero-order valence-corrected chi connectivity index (χ0v) is 11.5. The summed E-state index contributed by atoms with van der Waals surface area (Å²) in [5.41, 5.74) is 0.550. The fraction of sp³-hybridized carbons (Fsp3) is 0.571. The maximum atomic E-state index is 8.91. The molecule has 4 heteroatoms. The number of anilines is 1. The molecule has 0 amide bonds. The number of rotatable bonds is 2. The van der Waals surface area contributed by atoms with Crippen LogP contribution in [0.1, 0.15) is 38.7 Å². The van der Waals surface area contributed by atoms with Crippen molar-refractivity contribution >= 4 is 17.4 Å². The van der Waals surface area contributed by atoms with Crippen LogP contribution in [0.15, 0.2) is 12.1 Å². The van der Waals surface area contributed by atoms with E-state index in [4.69, 9.17) is 16.9 Å². The van der Waals surface area contributed by atoms with E-state index in [1.165, 1.54) is 12.8 Å². The van der Waals surface area contributed by atoms with Crippen LogP contribution in [0.2, 0.25) is 5.15 Å². The van der Waals surface area contributed by atoms with Crippen molar-refractivity contribution in [2.75, 3.05) is 5.32 Å². The molecule has 3 atom stereocenters. The van der Waals surface area contributed by atoms with E-state index in [1.807, 2.05) is 0 Å². The molecule has 1 aliphatic carbocycles. The molecular formula is C14H18ClN3. The second-order valence-corrected chi connectivity index (χ2v) is 5.71. The van der Waals surface area contributed by atoms with Gasteiger partial charge in [-0.05, 0) is 43.2 Å². The zero-order chi connectivity index (χ0) is 13.1.